The monoisotopic (exact) mass is 348 g/mol. The minimum atomic E-state index is -3.43. The molecule has 0 unspecified atom stereocenters. The van der Waals surface area contributed by atoms with Gasteiger partial charge in [-0.05, 0) is 12.3 Å². The molecular formula is C11H20N6O3S2. The number of nitrogens with one attached hydrogen (secondary N) is 2. The molecule has 124 valence electrons. The quantitative estimate of drug-likeness (QED) is 0.377. The van der Waals surface area contributed by atoms with Crippen LogP contribution in [0.1, 0.15) is 13.3 Å². The number of nitrogens with zero attached hydrogens (tertiary/aromatic N) is 2. The number of sulfonamides is 1. The summed E-state index contributed by atoms with van der Waals surface area (Å²) in [5.74, 6) is -0.668. The van der Waals surface area contributed by atoms with Gasteiger partial charge in [0.2, 0.25) is 21.9 Å². The number of aromatic nitrogens is 1. The van der Waals surface area contributed by atoms with E-state index in [9.17, 15) is 13.2 Å². The number of amides is 1. The van der Waals surface area contributed by atoms with E-state index in [1.165, 1.54) is 11.3 Å². The van der Waals surface area contributed by atoms with E-state index >= 15 is 0 Å². The Labute approximate surface area is 133 Å². The van der Waals surface area contributed by atoms with Crippen molar-refractivity contribution in [3.8, 4) is 0 Å². The van der Waals surface area contributed by atoms with Gasteiger partial charge in [-0.1, -0.05) is 6.92 Å². The molecule has 22 heavy (non-hydrogen) atoms. The maximum Gasteiger partial charge on any atom is 0.243 e. The second-order valence-corrected chi connectivity index (χ2v) is 7.40. The SMILES string of the molecule is C[C@H](CCN=C(N)NS(C)(=O)=O)[C@H](N)C(=O)Nc1nccs1. The first kappa shape index (κ1) is 18.3. The van der Waals surface area contributed by atoms with Crippen LogP contribution in [0.5, 0.6) is 0 Å². The smallest absolute Gasteiger partial charge is 0.243 e. The molecular weight excluding hydrogens is 328 g/mol. The van der Waals surface area contributed by atoms with Gasteiger partial charge in [0, 0.05) is 18.1 Å². The van der Waals surface area contributed by atoms with E-state index in [1.807, 2.05) is 6.92 Å². The van der Waals surface area contributed by atoms with E-state index in [1.54, 1.807) is 11.6 Å². The van der Waals surface area contributed by atoms with Crippen LogP contribution in [-0.4, -0.2) is 44.1 Å². The standard InChI is InChI=1S/C11H20N6O3S2/c1-7(3-4-14-10(13)17-22(2,19)20)8(12)9(18)16-11-15-5-6-21-11/h5-8H,3-4,12H2,1-2H3,(H3,13,14,17)(H,15,16,18)/t7-,8+/m1/s1. The molecule has 0 aliphatic heterocycles. The van der Waals surface area contributed by atoms with E-state index in [-0.39, 0.29) is 24.3 Å². The number of thiazole rings is 1. The van der Waals surface area contributed by atoms with E-state index < -0.39 is 16.1 Å². The molecule has 11 heteroatoms. The third-order valence-corrected chi connectivity index (χ3v) is 4.00. The lowest BCUT2D eigenvalue weighted by Crippen LogP contribution is -2.41. The zero-order chi connectivity index (χ0) is 16.8. The molecule has 1 aromatic rings. The van der Waals surface area contributed by atoms with Crippen molar-refractivity contribution in [1.82, 2.24) is 9.71 Å². The molecule has 1 aromatic heterocycles. The third kappa shape index (κ3) is 6.83. The molecule has 6 N–H and O–H groups in total. The van der Waals surface area contributed by atoms with Crippen molar-refractivity contribution < 1.29 is 13.2 Å². The molecule has 0 radical (unpaired) electrons. The van der Waals surface area contributed by atoms with Gasteiger partial charge in [0.25, 0.3) is 0 Å². The number of carbonyl (C=O) groups is 1. The highest BCUT2D eigenvalue weighted by Gasteiger charge is 2.21. The Morgan fingerprint density at radius 1 is 1.55 bits per heavy atom. The molecule has 2 atom stereocenters. The Morgan fingerprint density at radius 3 is 2.77 bits per heavy atom. The zero-order valence-electron chi connectivity index (χ0n) is 12.3. The van der Waals surface area contributed by atoms with Crippen molar-refractivity contribution in [1.29, 1.82) is 0 Å². The topological polar surface area (TPSA) is 153 Å². The predicted molar refractivity (Wildman–Crippen MR) is 87.0 cm³/mol. The first-order valence-corrected chi connectivity index (χ1v) is 9.20. The van der Waals surface area contributed by atoms with Crippen molar-refractivity contribution in [3.05, 3.63) is 11.6 Å². The van der Waals surface area contributed by atoms with Crippen LogP contribution in [0.15, 0.2) is 16.6 Å². The molecule has 0 aliphatic rings. The highest BCUT2D eigenvalue weighted by atomic mass is 32.2. The maximum atomic E-state index is 11.9. The van der Waals surface area contributed by atoms with Crippen molar-refractivity contribution in [2.24, 2.45) is 22.4 Å². The summed E-state index contributed by atoms with van der Waals surface area (Å²) in [7, 11) is -3.43. The van der Waals surface area contributed by atoms with E-state index in [0.29, 0.717) is 11.6 Å². The summed E-state index contributed by atoms with van der Waals surface area (Å²) in [5, 5.41) is 4.86. The van der Waals surface area contributed by atoms with Crippen molar-refractivity contribution in [2.75, 3.05) is 18.1 Å². The van der Waals surface area contributed by atoms with Crippen LogP contribution in [0.2, 0.25) is 0 Å². The van der Waals surface area contributed by atoms with Gasteiger partial charge in [0.05, 0.1) is 12.3 Å². The second kappa shape index (κ2) is 8.06. The summed E-state index contributed by atoms with van der Waals surface area (Å²) in [6.45, 7) is 2.07. The summed E-state index contributed by atoms with van der Waals surface area (Å²) >= 11 is 1.31. The number of nitrogens with two attached hydrogens (primary N) is 2. The number of aliphatic imine (C=N–C) groups is 1. The fourth-order valence-corrected chi connectivity index (χ4v) is 2.50. The van der Waals surface area contributed by atoms with Crippen LogP contribution in [0, 0.1) is 5.92 Å². The Bertz CT molecular complexity index is 614. The fourth-order valence-electron chi connectivity index (χ4n) is 1.52. The lowest BCUT2D eigenvalue weighted by molar-refractivity contribution is -0.118. The largest absolute Gasteiger partial charge is 0.369 e. The van der Waals surface area contributed by atoms with Gasteiger partial charge in [-0.15, -0.1) is 11.3 Å². The third-order valence-electron chi connectivity index (χ3n) is 2.73. The molecule has 0 spiro atoms. The Hall–Kier alpha value is -1.72. The summed E-state index contributed by atoms with van der Waals surface area (Å²) in [4.78, 5) is 19.7. The number of rotatable bonds is 7. The molecule has 0 aliphatic carbocycles. The highest BCUT2D eigenvalue weighted by Crippen LogP contribution is 2.13. The molecule has 0 saturated heterocycles. The van der Waals surface area contributed by atoms with Gasteiger partial charge in [0.15, 0.2) is 5.13 Å². The number of hydrogen-bond donors (Lipinski definition) is 4. The normalized spacial score (nSPS) is 15.1. The van der Waals surface area contributed by atoms with E-state index in [4.69, 9.17) is 11.5 Å². The lowest BCUT2D eigenvalue weighted by atomic mass is 9.98. The average Bonchev–Trinajstić information content (AvgIpc) is 2.88. The average molecular weight is 348 g/mol. The molecule has 0 fully saturated rings. The maximum absolute atomic E-state index is 11.9. The van der Waals surface area contributed by atoms with Crippen molar-refractivity contribution >= 4 is 38.4 Å². The van der Waals surface area contributed by atoms with E-state index in [2.05, 4.69) is 20.0 Å². The molecule has 0 saturated carbocycles. The molecule has 0 bridgehead atoms. The second-order valence-electron chi connectivity index (χ2n) is 4.76. The zero-order valence-corrected chi connectivity index (χ0v) is 13.9. The number of carbonyl (C=O) groups excluding carboxylic acids is 1. The molecule has 1 rings (SSSR count). The predicted octanol–water partition coefficient (Wildman–Crippen LogP) is -0.701. The molecule has 1 heterocycles. The molecule has 1 amide bonds. The van der Waals surface area contributed by atoms with Crippen LogP contribution in [0.25, 0.3) is 0 Å². The number of anilines is 1. The molecule has 0 aromatic carbocycles. The highest BCUT2D eigenvalue weighted by molar-refractivity contribution is 7.89. The van der Waals surface area contributed by atoms with Crippen LogP contribution < -0.4 is 21.5 Å². The van der Waals surface area contributed by atoms with Crippen LogP contribution in [0.4, 0.5) is 5.13 Å². The first-order chi connectivity index (χ1) is 10.2. The van der Waals surface area contributed by atoms with Gasteiger partial charge in [0.1, 0.15) is 0 Å². The molecule has 9 nitrogen and oxygen atoms in total. The first-order valence-electron chi connectivity index (χ1n) is 6.42. The minimum absolute atomic E-state index is 0.158. The Morgan fingerprint density at radius 2 is 2.23 bits per heavy atom. The van der Waals surface area contributed by atoms with Crippen molar-refractivity contribution in [2.45, 2.75) is 19.4 Å². The Kier molecular flexibility index (Phi) is 6.71. The van der Waals surface area contributed by atoms with Gasteiger partial charge in [-0.2, -0.15) is 0 Å². The number of hydrogen-bond acceptors (Lipinski definition) is 7. The summed E-state index contributed by atoms with van der Waals surface area (Å²) in [6, 6.07) is -0.719. The van der Waals surface area contributed by atoms with Crippen LogP contribution in [-0.2, 0) is 14.8 Å². The fraction of sp³-hybridized carbons (Fsp3) is 0.545. The van der Waals surface area contributed by atoms with E-state index in [0.717, 1.165) is 6.26 Å². The lowest BCUT2D eigenvalue weighted by Gasteiger charge is -2.17. The van der Waals surface area contributed by atoms with Gasteiger partial charge < -0.3 is 16.8 Å². The van der Waals surface area contributed by atoms with Crippen LogP contribution >= 0.6 is 11.3 Å². The summed E-state index contributed by atoms with van der Waals surface area (Å²) in [5.41, 5.74) is 11.3. The van der Waals surface area contributed by atoms with Crippen molar-refractivity contribution in [3.63, 3.8) is 0 Å². The Balaban J connectivity index is 2.42. The van der Waals surface area contributed by atoms with Gasteiger partial charge in [-0.3, -0.25) is 14.5 Å². The van der Waals surface area contributed by atoms with Gasteiger partial charge in [-0.25, -0.2) is 13.4 Å². The summed E-state index contributed by atoms with van der Waals surface area (Å²) < 4.78 is 23.9. The van der Waals surface area contributed by atoms with Gasteiger partial charge >= 0.3 is 0 Å². The minimum Gasteiger partial charge on any atom is -0.369 e. The number of guanidine groups is 1. The van der Waals surface area contributed by atoms with Crippen LogP contribution in [0.3, 0.4) is 0 Å². The summed E-state index contributed by atoms with van der Waals surface area (Å²) in [6.07, 6.45) is 3.05.